The molecule has 0 spiro atoms. The number of fused-ring (bicyclic) bond motifs is 1. The molecule has 0 aromatic heterocycles. The SMILES string of the molecule is COc1cccc(OCCNC(=O)C2CC(=O)Nc3cc(F)ccc32)c1. The number of halogens is 1. The van der Waals surface area contributed by atoms with Crippen LogP contribution >= 0.6 is 0 Å². The number of anilines is 1. The Labute approximate surface area is 150 Å². The van der Waals surface area contributed by atoms with Crippen LogP contribution in [0.25, 0.3) is 0 Å². The number of hydrogen-bond donors (Lipinski definition) is 2. The molecular weight excluding hydrogens is 339 g/mol. The maximum atomic E-state index is 13.3. The van der Waals surface area contributed by atoms with E-state index in [0.29, 0.717) is 22.7 Å². The number of methoxy groups -OCH3 is 1. The first-order valence-corrected chi connectivity index (χ1v) is 8.20. The van der Waals surface area contributed by atoms with E-state index >= 15 is 0 Å². The molecular formula is C19H19FN2O4. The van der Waals surface area contributed by atoms with Gasteiger partial charge in [0.1, 0.15) is 23.9 Å². The van der Waals surface area contributed by atoms with Gasteiger partial charge in [-0.2, -0.15) is 0 Å². The van der Waals surface area contributed by atoms with E-state index in [4.69, 9.17) is 9.47 Å². The van der Waals surface area contributed by atoms with Crippen LogP contribution in [0.2, 0.25) is 0 Å². The van der Waals surface area contributed by atoms with Crippen molar-refractivity contribution in [2.24, 2.45) is 0 Å². The Morgan fingerprint density at radius 1 is 1.27 bits per heavy atom. The fraction of sp³-hybridized carbons (Fsp3) is 0.263. The Bertz CT molecular complexity index is 825. The molecule has 0 fully saturated rings. The summed E-state index contributed by atoms with van der Waals surface area (Å²) in [6.07, 6.45) is 0.0290. The first kappa shape index (κ1) is 17.7. The van der Waals surface area contributed by atoms with Crippen LogP contribution in [0, 0.1) is 5.82 Å². The number of carbonyl (C=O) groups is 2. The Morgan fingerprint density at radius 2 is 2.08 bits per heavy atom. The number of ether oxygens (including phenoxy) is 2. The van der Waals surface area contributed by atoms with Gasteiger partial charge in [-0.3, -0.25) is 9.59 Å². The lowest BCUT2D eigenvalue weighted by Gasteiger charge is -2.24. The van der Waals surface area contributed by atoms with Crippen molar-refractivity contribution in [3.8, 4) is 11.5 Å². The highest BCUT2D eigenvalue weighted by Crippen LogP contribution is 2.32. The van der Waals surface area contributed by atoms with Crippen molar-refractivity contribution in [1.82, 2.24) is 5.32 Å². The summed E-state index contributed by atoms with van der Waals surface area (Å²) in [5, 5.41) is 5.35. The number of benzene rings is 2. The quantitative estimate of drug-likeness (QED) is 0.778. The van der Waals surface area contributed by atoms with Gasteiger partial charge < -0.3 is 20.1 Å². The van der Waals surface area contributed by atoms with Crippen LogP contribution < -0.4 is 20.1 Å². The van der Waals surface area contributed by atoms with Crippen LogP contribution in [0.5, 0.6) is 11.5 Å². The molecule has 0 saturated carbocycles. The zero-order valence-electron chi connectivity index (χ0n) is 14.3. The van der Waals surface area contributed by atoms with E-state index in [0.717, 1.165) is 0 Å². The molecule has 2 amide bonds. The highest BCUT2D eigenvalue weighted by molar-refractivity contribution is 6.01. The number of rotatable bonds is 6. The lowest BCUT2D eigenvalue weighted by atomic mass is 9.90. The molecule has 1 aliphatic rings. The molecule has 26 heavy (non-hydrogen) atoms. The van der Waals surface area contributed by atoms with E-state index in [2.05, 4.69) is 10.6 Å². The first-order chi connectivity index (χ1) is 12.6. The average Bonchev–Trinajstić information content (AvgIpc) is 2.64. The maximum Gasteiger partial charge on any atom is 0.228 e. The topological polar surface area (TPSA) is 76.7 Å². The lowest BCUT2D eigenvalue weighted by molar-refractivity contribution is -0.126. The van der Waals surface area contributed by atoms with Crippen LogP contribution in [0.4, 0.5) is 10.1 Å². The van der Waals surface area contributed by atoms with Gasteiger partial charge in [0.2, 0.25) is 11.8 Å². The zero-order chi connectivity index (χ0) is 18.5. The lowest BCUT2D eigenvalue weighted by Crippen LogP contribution is -2.36. The third-order valence-electron chi connectivity index (χ3n) is 4.08. The van der Waals surface area contributed by atoms with Crippen LogP contribution in [0.1, 0.15) is 17.9 Å². The van der Waals surface area contributed by atoms with Gasteiger partial charge in [0.05, 0.1) is 19.6 Å². The second-order valence-electron chi connectivity index (χ2n) is 5.85. The van der Waals surface area contributed by atoms with Crippen molar-refractivity contribution in [2.45, 2.75) is 12.3 Å². The minimum Gasteiger partial charge on any atom is -0.497 e. The van der Waals surface area contributed by atoms with E-state index in [1.165, 1.54) is 18.2 Å². The summed E-state index contributed by atoms with van der Waals surface area (Å²) in [6, 6.07) is 11.2. The van der Waals surface area contributed by atoms with Gasteiger partial charge >= 0.3 is 0 Å². The van der Waals surface area contributed by atoms with E-state index in [9.17, 15) is 14.0 Å². The van der Waals surface area contributed by atoms with E-state index < -0.39 is 11.7 Å². The molecule has 1 atom stereocenters. The highest BCUT2D eigenvalue weighted by Gasteiger charge is 2.30. The Kier molecular flexibility index (Phi) is 5.36. The molecule has 7 heteroatoms. The van der Waals surface area contributed by atoms with Gasteiger partial charge in [-0.15, -0.1) is 0 Å². The minimum absolute atomic E-state index is 0.0290. The number of amides is 2. The molecule has 0 aliphatic carbocycles. The standard InChI is InChI=1S/C19H19FN2O4/c1-25-13-3-2-4-14(10-13)26-8-7-21-19(24)16-11-18(23)22-17-9-12(20)5-6-15(16)17/h2-6,9-10,16H,7-8,11H2,1H3,(H,21,24)(H,22,23). The van der Waals surface area contributed by atoms with Gasteiger partial charge in [-0.25, -0.2) is 4.39 Å². The van der Waals surface area contributed by atoms with E-state index in [-0.39, 0.29) is 31.4 Å². The van der Waals surface area contributed by atoms with Crippen molar-refractivity contribution in [1.29, 1.82) is 0 Å². The molecule has 1 heterocycles. The number of hydrogen-bond acceptors (Lipinski definition) is 4. The van der Waals surface area contributed by atoms with E-state index in [1.807, 2.05) is 12.1 Å². The number of nitrogens with one attached hydrogen (secondary N) is 2. The fourth-order valence-electron chi connectivity index (χ4n) is 2.83. The largest absolute Gasteiger partial charge is 0.497 e. The Hall–Kier alpha value is -3.09. The molecule has 1 unspecified atom stereocenters. The Balaban J connectivity index is 1.56. The molecule has 2 aromatic rings. The summed E-state index contributed by atoms with van der Waals surface area (Å²) in [5.74, 6) is -0.383. The predicted octanol–water partition coefficient (Wildman–Crippen LogP) is 2.46. The monoisotopic (exact) mass is 358 g/mol. The molecule has 0 radical (unpaired) electrons. The maximum absolute atomic E-state index is 13.3. The third kappa shape index (κ3) is 4.11. The third-order valence-corrected chi connectivity index (χ3v) is 4.08. The second-order valence-corrected chi connectivity index (χ2v) is 5.85. The molecule has 3 rings (SSSR count). The summed E-state index contributed by atoms with van der Waals surface area (Å²) in [5.41, 5.74) is 0.950. The Morgan fingerprint density at radius 3 is 2.88 bits per heavy atom. The highest BCUT2D eigenvalue weighted by atomic mass is 19.1. The minimum atomic E-state index is -0.642. The summed E-state index contributed by atoms with van der Waals surface area (Å²) in [4.78, 5) is 24.2. The summed E-state index contributed by atoms with van der Waals surface area (Å²) >= 11 is 0. The van der Waals surface area contributed by atoms with Gasteiger partial charge in [-0.05, 0) is 29.8 Å². The van der Waals surface area contributed by atoms with Crippen LogP contribution in [-0.4, -0.2) is 32.1 Å². The normalized spacial score (nSPS) is 15.6. The fourth-order valence-corrected chi connectivity index (χ4v) is 2.83. The summed E-state index contributed by atoms with van der Waals surface area (Å²) in [7, 11) is 1.57. The predicted molar refractivity (Wildman–Crippen MR) is 93.9 cm³/mol. The summed E-state index contributed by atoms with van der Waals surface area (Å²) in [6.45, 7) is 0.554. The van der Waals surface area contributed by atoms with Gasteiger partial charge in [0, 0.05) is 18.2 Å². The molecule has 6 nitrogen and oxygen atoms in total. The smallest absolute Gasteiger partial charge is 0.228 e. The van der Waals surface area contributed by atoms with Crippen molar-refractivity contribution >= 4 is 17.5 Å². The molecule has 0 bridgehead atoms. The second kappa shape index (κ2) is 7.86. The van der Waals surface area contributed by atoms with Crippen LogP contribution in [0.3, 0.4) is 0 Å². The zero-order valence-corrected chi connectivity index (χ0v) is 14.3. The van der Waals surface area contributed by atoms with Gasteiger partial charge in [-0.1, -0.05) is 12.1 Å². The molecule has 2 N–H and O–H groups in total. The number of carbonyl (C=O) groups excluding carboxylic acids is 2. The summed E-state index contributed by atoms with van der Waals surface area (Å²) < 4.78 is 24.0. The molecule has 1 aliphatic heterocycles. The van der Waals surface area contributed by atoms with Crippen molar-refractivity contribution in [3.63, 3.8) is 0 Å². The van der Waals surface area contributed by atoms with E-state index in [1.54, 1.807) is 19.2 Å². The van der Waals surface area contributed by atoms with Gasteiger partial charge in [0.15, 0.2) is 0 Å². The van der Waals surface area contributed by atoms with Crippen molar-refractivity contribution < 1.29 is 23.5 Å². The molecule has 0 saturated heterocycles. The van der Waals surface area contributed by atoms with Crippen molar-refractivity contribution in [3.05, 3.63) is 53.8 Å². The molecule has 2 aromatic carbocycles. The van der Waals surface area contributed by atoms with Gasteiger partial charge in [0.25, 0.3) is 0 Å². The molecule has 136 valence electrons. The van der Waals surface area contributed by atoms with Crippen molar-refractivity contribution in [2.75, 3.05) is 25.6 Å². The first-order valence-electron chi connectivity index (χ1n) is 8.20. The van der Waals surface area contributed by atoms with Crippen LogP contribution in [0.15, 0.2) is 42.5 Å². The van der Waals surface area contributed by atoms with Crippen LogP contribution in [-0.2, 0) is 9.59 Å². The average molecular weight is 358 g/mol.